The van der Waals surface area contributed by atoms with E-state index in [1.165, 1.54) is 35.1 Å². The number of methoxy groups -OCH3 is 1. The van der Waals surface area contributed by atoms with Crippen LogP contribution in [0.25, 0.3) is 0 Å². The normalized spacial score (nSPS) is 21.0. The molecule has 2 heteroatoms. The smallest absolute Gasteiger partial charge is 0.119 e. The lowest BCUT2D eigenvalue weighted by Gasteiger charge is -2.33. The molecule has 1 N–H and O–H groups in total. The van der Waals surface area contributed by atoms with Gasteiger partial charge in [0.2, 0.25) is 0 Å². The fourth-order valence-corrected chi connectivity index (χ4v) is 3.87. The predicted molar refractivity (Wildman–Crippen MR) is 94.1 cm³/mol. The van der Waals surface area contributed by atoms with Gasteiger partial charge in [0.1, 0.15) is 5.75 Å². The highest BCUT2D eigenvalue weighted by Crippen LogP contribution is 2.53. The van der Waals surface area contributed by atoms with E-state index >= 15 is 0 Å². The van der Waals surface area contributed by atoms with Crippen molar-refractivity contribution in [1.82, 2.24) is 5.32 Å². The molecule has 2 aromatic carbocycles. The fraction of sp³-hybridized carbons (Fsp3) is 0.429. The first-order valence-electron chi connectivity index (χ1n) is 8.68. The van der Waals surface area contributed by atoms with Crippen LogP contribution < -0.4 is 10.1 Å². The Hall–Kier alpha value is -1.80. The van der Waals surface area contributed by atoms with Crippen LogP contribution in [-0.4, -0.2) is 13.7 Å². The lowest BCUT2D eigenvalue weighted by molar-refractivity contribution is 0.401. The van der Waals surface area contributed by atoms with Crippen molar-refractivity contribution in [3.8, 4) is 5.75 Å². The zero-order valence-electron chi connectivity index (χ0n) is 14.1. The Labute approximate surface area is 138 Å². The number of hydrogen-bond acceptors (Lipinski definition) is 2. The minimum Gasteiger partial charge on any atom is -0.497 e. The highest BCUT2D eigenvalue weighted by molar-refractivity contribution is 5.47. The van der Waals surface area contributed by atoms with Crippen molar-refractivity contribution in [2.45, 2.75) is 44.1 Å². The molecule has 1 atom stereocenters. The molecular weight excluding hydrogens is 282 g/mol. The van der Waals surface area contributed by atoms with Gasteiger partial charge in [-0.15, -0.1) is 0 Å². The molecule has 0 radical (unpaired) electrons. The highest BCUT2D eigenvalue weighted by Gasteiger charge is 2.48. The monoisotopic (exact) mass is 307 g/mol. The molecule has 1 heterocycles. The van der Waals surface area contributed by atoms with E-state index < -0.39 is 0 Å². The van der Waals surface area contributed by atoms with Crippen LogP contribution in [0.1, 0.15) is 47.6 Å². The summed E-state index contributed by atoms with van der Waals surface area (Å²) in [6.07, 6.45) is 4.89. The van der Waals surface area contributed by atoms with Crippen LogP contribution in [0, 0.1) is 6.92 Å². The van der Waals surface area contributed by atoms with E-state index in [9.17, 15) is 0 Å². The second-order valence-corrected chi connectivity index (χ2v) is 7.19. The largest absolute Gasteiger partial charge is 0.497 e. The van der Waals surface area contributed by atoms with Gasteiger partial charge in [-0.05, 0) is 61.4 Å². The van der Waals surface area contributed by atoms with Gasteiger partial charge in [-0.2, -0.15) is 0 Å². The van der Waals surface area contributed by atoms with Gasteiger partial charge < -0.3 is 10.1 Å². The molecule has 2 aliphatic rings. The van der Waals surface area contributed by atoms with Gasteiger partial charge in [-0.3, -0.25) is 0 Å². The van der Waals surface area contributed by atoms with Crippen molar-refractivity contribution < 1.29 is 4.74 Å². The molecular formula is C21H25NO. The standard InChI is InChI=1S/C21H25NO/c1-15-3-5-16(6-4-15)7-10-20-18-9-8-17(23-2)13-19(18)21(11-12-21)14-22-20/h3-6,8-9,13,20,22H,7,10-12,14H2,1-2H3. The fourth-order valence-electron chi connectivity index (χ4n) is 3.87. The Balaban J connectivity index is 1.55. The molecule has 1 saturated carbocycles. The van der Waals surface area contributed by atoms with E-state index in [0.717, 1.165) is 25.1 Å². The molecule has 120 valence electrons. The number of rotatable bonds is 4. The summed E-state index contributed by atoms with van der Waals surface area (Å²) in [5.41, 5.74) is 6.17. The van der Waals surface area contributed by atoms with Crippen molar-refractivity contribution in [1.29, 1.82) is 0 Å². The molecule has 2 nitrogen and oxygen atoms in total. The topological polar surface area (TPSA) is 21.3 Å². The van der Waals surface area contributed by atoms with Gasteiger partial charge in [0.25, 0.3) is 0 Å². The average molecular weight is 307 g/mol. The van der Waals surface area contributed by atoms with Crippen molar-refractivity contribution in [2.24, 2.45) is 0 Å². The molecule has 0 amide bonds. The van der Waals surface area contributed by atoms with Crippen LogP contribution >= 0.6 is 0 Å². The minimum atomic E-state index is 0.393. The lowest BCUT2D eigenvalue weighted by atomic mass is 9.82. The van der Waals surface area contributed by atoms with Gasteiger partial charge in [0, 0.05) is 18.0 Å². The second-order valence-electron chi connectivity index (χ2n) is 7.19. The van der Waals surface area contributed by atoms with Crippen LogP contribution in [-0.2, 0) is 11.8 Å². The molecule has 1 spiro atoms. The summed E-state index contributed by atoms with van der Waals surface area (Å²) in [6, 6.07) is 16.1. The molecule has 0 bridgehead atoms. The molecule has 1 aliphatic heterocycles. The summed E-state index contributed by atoms with van der Waals surface area (Å²) < 4.78 is 5.46. The predicted octanol–water partition coefficient (Wildman–Crippen LogP) is 4.31. The van der Waals surface area contributed by atoms with E-state index in [4.69, 9.17) is 4.74 Å². The zero-order valence-corrected chi connectivity index (χ0v) is 14.1. The molecule has 4 rings (SSSR count). The van der Waals surface area contributed by atoms with Crippen molar-refractivity contribution in [2.75, 3.05) is 13.7 Å². The maximum Gasteiger partial charge on any atom is 0.119 e. The van der Waals surface area contributed by atoms with E-state index in [2.05, 4.69) is 54.7 Å². The molecule has 2 aromatic rings. The first kappa shape index (κ1) is 14.8. The number of nitrogens with one attached hydrogen (secondary N) is 1. The molecule has 1 unspecified atom stereocenters. The van der Waals surface area contributed by atoms with Crippen LogP contribution in [0.5, 0.6) is 5.75 Å². The lowest BCUT2D eigenvalue weighted by Crippen LogP contribution is -2.37. The third kappa shape index (κ3) is 2.76. The third-order valence-corrected chi connectivity index (χ3v) is 5.59. The van der Waals surface area contributed by atoms with E-state index in [-0.39, 0.29) is 0 Å². The summed E-state index contributed by atoms with van der Waals surface area (Å²) in [6.45, 7) is 3.26. The molecule has 0 aromatic heterocycles. The SMILES string of the molecule is COc1ccc2c(c1)C1(CC1)CNC2CCc1ccc(C)cc1. The molecule has 0 saturated heterocycles. The Kier molecular flexibility index (Phi) is 3.65. The maximum absolute atomic E-state index is 5.46. The van der Waals surface area contributed by atoms with Crippen molar-refractivity contribution in [3.05, 3.63) is 64.7 Å². The highest BCUT2D eigenvalue weighted by atomic mass is 16.5. The van der Waals surface area contributed by atoms with Crippen LogP contribution in [0.3, 0.4) is 0 Å². The molecule has 1 aliphatic carbocycles. The summed E-state index contributed by atoms with van der Waals surface area (Å²) >= 11 is 0. The number of fused-ring (bicyclic) bond motifs is 2. The van der Waals surface area contributed by atoms with Gasteiger partial charge in [0.15, 0.2) is 0 Å². The van der Waals surface area contributed by atoms with Crippen LogP contribution in [0.15, 0.2) is 42.5 Å². The van der Waals surface area contributed by atoms with E-state index in [0.29, 0.717) is 11.5 Å². The maximum atomic E-state index is 5.46. The number of aryl methyl sites for hydroxylation is 2. The van der Waals surface area contributed by atoms with Crippen molar-refractivity contribution in [3.63, 3.8) is 0 Å². The summed E-state index contributed by atoms with van der Waals surface area (Å²) in [7, 11) is 1.76. The summed E-state index contributed by atoms with van der Waals surface area (Å²) in [5, 5.41) is 3.81. The van der Waals surface area contributed by atoms with Gasteiger partial charge in [-0.25, -0.2) is 0 Å². The second kappa shape index (κ2) is 5.68. The van der Waals surface area contributed by atoms with Crippen LogP contribution in [0.2, 0.25) is 0 Å². The number of ether oxygens (including phenoxy) is 1. The number of hydrogen-bond donors (Lipinski definition) is 1. The Bertz CT molecular complexity index is 700. The summed E-state index contributed by atoms with van der Waals surface area (Å²) in [5.74, 6) is 0.995. The Morgan fingerprint density at radius 1 is 1.13 bits per heavy atom. The average Bonchev–Trinajstić information content (AvgIpc) is 3.36. The minimum absolute atomic E-state index is 0.393. The van der Waals surface area contributed by atoms with Crippen molar-refractivity contribution >= 4 is 0 Å². The zero-order chi connectivity index (χ0) is 15.9. The van der Waals surface area contributed by atoms with Gasteiger partial charge >= 0.3 is 0 Å². The molecule has 1 fully saturated rings. The van der Waals surface area contributed by atoms with E-state index in [1.807, 2.05) is 0 Å². The van der Waals surface area contributed by atoms with Crippen LogP contribution in [0.4, 0.5) is 0 Å². The summed E-state index contributed by atoms with van der Waals surface area (Å²) in [4.78, 5) is 0. The quantitative estimate of drug-likeness (QED) is 0.908. The van der Waals surface area contributed by atoms with E-state index in [1.54, 1.807) is 7.11 Å². The first-order chi connectivity index (χ1) is 11.2. The Morgan fingerprint density at radius 2 is 1.91 bits per heavy atom. The number of benzene rings is 2. The first-order valence-corrected chi connectivity index (χ1v) is 8.68. The van der Waals surface area contributed by atoms with Gasteiger partial charge in [0.05, 0.1) is 7.11 Å². The van der Waals surface area contributed by atoms with Gasteiger partial charge in [-0.1, -0.05) is 35.9 Å². The molecule has 23 heavy (non-hydrogen) atoms. The third-order valence-electron chi connectivity index (χ3n) is 5.59. The Morgan fingerprint density at radius 3 is 2.61 bits per heavy atom.